The van der Waals surface area contributed by atoms with Gasteiger partial charge in [0.25, 0.3) is 0 Å². The molecule has 0 aliphatic heterocycles. The lowest BCUT2D eigenvalue weighted by Crippen LogP contribution is -2.31. The molecule has 0 saturated heterocycles. The van der Waals surface area contributed by atoms with Gasteiger partial charge in [0.15, 0.2) is 0 Å². The van der Waals surface area contributed by atoms with E-state index in [0.717, 1.165) is 16.6 Å². The third-order valence-electron chi connectivity index (χ3n) is 2.90. The van der Waals surface area contributed by atoms with E-state index in [-0.39, 0.29) is 11.3 Å². The van der Waals surface area contributed by atoms with Gasteiger partial charge in [-0.25, -0.2) is 0 Å². The van der Waals surface area contributed by atoms with Crippen molar-refractivity contribution in [1.82, 2.24) is 0 Å². The summed E-state index contributed by atoms with van der Waals surface area (Å²) in [6, 6.07) is 6.20. The van der Waals surface area contributed by atoms with Gasteiger partial charge in [0.05, 0.1) is 11.0 Å². The van der Waals surface area contributed by atoms with Crippen LogP contribution in [0.25, 0.3) is 0 Å². The topological polar surface area (TPSA) is 20.3 Å². The Kier molecular flexibility index (Phi) is 5.41. The quantitative estimate of drug-likeness (QED) is 0.722. The molecule has 1 aromatic rings. The Hall–Kier alpha value is -0.350. The minimum atomic E-state index is 0.00830. The maximum Gasteiger partial charge on any atom is 0.237 e. The second kappa shape index (κ2) is 6.20. The molecule has 18 heavy (non-hydrogen) atoms. The lowest BCUT2D eigenvalue weighted by Gasteiger charge is -2.29. The molecule has 1 rings (SSSR count). The number of nitrogens with zero attached hydrogens (tertiary/aromatic N) is 1. The highest BCUT2D eigenvalue weighted by Crippen LogP contribution is 2.35. The molecule has 0 aliphatic rings. The van der Waals surface area contributed by atoms with E-state index in [1.165, 1.54) is 5.56 Å². The Morgan fingerprint density at radius 3 is 2.33 bits per heavy atom. The normalized spacial score (nSPS) is 11.4. The number of carbonyl (C=O) groups is 1. The molecule has 0 heterocycles. The van der Waals surface area contributed by atoms with Crippen LogP contribution in [0.2, 0.25) is 0 Å². The standard InChI is InChI=1S/C14H19Br2NO/c1-14(2,3)11-7-5-6-10(8-15)13(11)17(4)12(18)9-16/h5-7H,8-9H2,1-4H3. The van der Waals surface area contributed by atoms with Crippen LogP contribution < -0.4 is 4.90 Å². The van der Waals surface area contributed by atoms with E-state index in [1.54, 1.807) is 4.90 Å². The molecular weight excluding hydrogens is 358 g/mol. The van der Waals surface area contributed by atoms with Crippen LogP contribution in [-0.2, 0) is 15.5 Å². The van der Waals surface area contributed by atoms with Gasteiger partial charge in [-0.05, 0) is 16.5 Å². The Bertz CT molecular complexity index is 438. The van der Waals surface area contributed by atoms with Crippen molar-refractivity contribution in [2.24, 2.45) is 0 Å². The number of alkyl halides is 2. The summed E-state index contributed by atoms with van der Waals surface area (Å²) in [6.45, 7) is 6.49. The minimum Gasteiger partial charge on any atom is -0.314 e. The fourth-order valence-corrected chi connectivity index (χ4v) is 2.74. The van der Waals surface area contributed by atoms with E-state index >= 15 is 0 Å². The number of anilines is 1. The molecule has 0 radical (unpaired) electrons. The van der Waals surface area contributed by atoms with Gasteiger partial charge < -0.3 is 4.90 Å². The van der Waals surface area contributed by atoms with E-state index in [0.29, 0.717) is 5.33 Å². The second-order valence-electron chi connectivity index (χ2n) is 5.28. The van der Waals surface area contributed by atoms with Gasteiger partial charge in [0.2, 0.25) is 5.91 Å². The number of hydrogen-bond acceptors (Lipinski definition) is 1. The zero-order valence-electron chi connectivity index (χ0n) is 11.3. The van der Waals surface area contributed by atoms with Crippen molar-refractivity contribution in [3.63, 3.8) is 0 Å². The highest BCUT2D eigenvalue weighted by atomic mass is 79.9. The smallest absolute Gasteiger partial charge is 0.237 e. The average Bonchev–Trinajstić information content (AvgIpc) is 2.34. The minimum absolute atomic E-state index is 0.00830. The molecular formula is C14H19Br2NO. The van der Waals surface area contributed by atoms with Crippen molar-refractivity contribution in [2.45, 2.75) is 31.5 Å². The van der Waals surface area contributed by atoms with Crippen LogP contribution in [0.4, 0.5) is 5.69 Å². The SMILES string of the molecule is CN(C(=O)CBr)c1c(CBr)cccc1C(C)(C)C. The van der Waals surface area contributed by atoms with Crippen molar-refractivity contribution in [3.8, 4) is 0 Å². The van der Waals surface area contributed by atoms with E-state index in [1.807, 2.05) is 13.1 Å². The van der Waals surface area contributed by atoms with E-state index in [9.17, 15) is 4.79 Å². The van der Waals surface area contributed by atoms with Crippen LogP contribution >= 0.6 is 31.9 Å². The lowest BCUT2D eigenvalue weighted by atomic mass is 9.84. The van der Waals surface area contributed by atoms with Crippen molar-refractivity contribution in [1.29, 1.82) is 0 Å². The second-order valence-corrected chi connectivity index (χ2v) is 6.40. The predicted octanol–water partition coefficient (Wildman–Crippen LogP) is 4.24. The number of hydrogen-bond donors (Lipinski definition) is 0. The first-order valence-corrected chi connectivity index (χ1v) is 8.08. The third-order valence-corrected chi connectivity index (χ3v) is 3.98. The maximum atomic E-state index is 11.9. The van der Waals surface area contributed by atoms with Gasteiger partial charge >= 0.3 is 0 Å². The molecule has 0 unspecified atom stereocenters. The fraction of sp³-hybridized carbons (Fsp3) is 0.500. The summed E-state index contributed by atoms with van der Waals surface area (Å²) in [5.74, 6) is 0.0638. The number of halogens is 2. The monoisotopic (exact) mass is 375 g/mol. The molecule has 2 nitrogen and oxygen atoms in total. The molecule has 0 spiro atoms. The number of carbonyl (C=O) groups excluding carboxylic acids is 1. The average molecular weight is 377 g/mol. The van der Waals surface area contributed by atoms with Crippen LogP contribution in [-0.4, -0.2) is 18.3 Å². The van der Waals surface area contributed by atoms with Crippen LogP contribution in [0.1, 0.15) is 31.9 Å². The van der Waals surface area contributed by atoms with E-state index in [2.05, 4.69) is 64.8 Å². The van der Waals surface area contributed by atoms with Crippen LogP contribution in [0, 0.1) is 0 Å². The summed E-state index contributed by atoms with van der Waals surface area (Å²) in [6.07, 6.45) is 0. The van der Waals surface area contributed by atoms with Crippen molar-refractivity contribution < 1.29 is 4.79 Å². The van der Waals surface area contributed by atoms with Gasteiger partial charge in [-0.15, -0.1) is 0 Å². The first-order chi connectivity index (χ1) is 8.32. The van der Waals surface area contributed by atoms with Gasteiger partial charge in [-0.1, -0.05) is 70.8 Å². The Labute approximate surface area is 126 Å². The molecule has 1 amide bonds. The highest BCUT2D eigenvalue weighted by Gasteiger charge is 2.24. The van der Waals surface area contributed by atoms with Crippen molar-refractivity contribution in [2.75, 3.05) is 17.3 Å². The summed E-state index contributed by atoms with van der Waals surface area (Å²) in [4.78, 5) is 13.7. The number of amides is 1. The third kappa shape index (κ3) is 3.35. The summed E-state index contributed by atoms with van der Waals surface area (Å²) < 4.78 is 0. The number of benzene rings is 1. The molecule has 0 saturated carbocycles. The predicted molar refractivity (Wildman–Crippen MR) is 85.0 cm³/mol. The largest absolute Gasteiger partial charge is 0.314 e. The molecule has 0 aliphatic carbocycles. The number of rotatable bonds is 3. The molecule has 1 aromatic carbocycles. The molecule has 0 aromatic heterocycles. The maximum absolute atomic E-state index is 11.9. The Morgan fingerprint density at radius 2 is 1.89 bits per heavy atom. The highest BCUT2D eigenvalue weighted by molar-refractivity contribution is 9.09. The van der Waals surface area contributed by atoms with Crippen molar-refractivity contribution in [3.05, 3.63) is 29.3 Å². The molecule has 0 atom stereocenters. The van der Waals surface area contributed by atoms with E-state index < -0.39 is 0 Å². The zero-order chi connectivity index (χ0) is 13.9. The lowest BCUT2D eigenvalue weighted by molar-refractivity contribution is -0.115. The molecule has 100 valence electrons. The molecule has 4 heteroatoms. The first-order valence-electron chi connectivity index (χ1n) is 5.83. The zero-order valence-corrected chi connectivity index (χ0v) is 14.4. The first kappa shape index (κ1) is 15.7. The van der Waals surface area contributed by atoms with Gasteiger partial charge in [0, 0.05) is 12.4 Å². The molecule has 0 N–H and O–H groups in total. The van der Waals surface area contributed by atoms with Crippen LogP contribution in [0.5, 0.6) is 0 Å². The van der Waals surface area contributed by atoms with Gasteiger partial charge in [-0.2, -0.15) is 0 Å². The summed E-state index contributed by atoms with van der Waals surface area (Å²) >= 11 is 6.73. The van der Waals surface area contributed by atoms with E-state index in [4.69, 9.17) is 0 Å². The van der Waals surface area contributed by atoms with Crippen LogP contribution in [0.3, 0.4) is 0 Å². The summed E-state index contributed by atoms with van der Waals surface area (Å²) in [5.41, 5.74) is 3.36. The fourth-order valence-electron chi connectivity index (χ4n) is 1.91. The molecule has 0 fully saturated rings. The van der Waals surface area contributed by atoms with Crippen molar-refractivity contribution >= 4 is 43.5 Å². The summed E-state index contributed by atoms with van der Waals surface area (Å²) in [7, 11) is 1.83. The molecule has 0 bridgehead atoms. The van der Waals surface area contributed by atoms with Gasteiger partial charge in [0.1, 0.15) is 0 Å². The summed E-state index contributed by atoms with van der Waals surface area (Å²) in [5, 5.41) is 1.08. The van der Waals surface area contributed by atoms with Gasteiger partial charge in [-0.3, -0.25) is 4.79 Å². The Morgan fingerprint density at radius 1 is 1.28 bits per heavy atom. The van der Waals surface area contributed by atoms with Crippen LogP contribution in [0.15, 0.2) is 18.2 Å². The number of para-hydroxylation sites is 1. The Balaban J connectivity index is 3.42.